The molecule has 0 radical (unpaired) electrons. The van der Waals surface area contributed by atoms with Crippen LogP contribution < -0.4 is 10.1 Å². The van der Waals surface area contributed by atoms with Crippen molar-refractivity contribution in [3.63, 3.8) is 0 Å². The second-order valence-electron chi connectivity index (χ2n) is 4.68. The largest absolute Gasteiger partial charge is 0.496 e. The van der Waals surface area contributed by atoms with Gasteiger partial charge in [0.25, 0.3) is 0 Å². The number of hydrogen-bond donors (Lipinski definition) is 1. The maximum absolute atomic E-state index is 5.45. The van der Waals surface area contributed by atoms with Gasteiger partial charge in [0.15, 0.2) is 0 Å². The molecule has 0 aliphatic carbocycles. The molecule has 20 heavy (non-hydrogen) atoms. The molecule has 0 saturated heterocycles. The van der Waals surface area contributed by atoms with E-state index in [1.165, 1.54) is 10.9 Å². The fraction of sp³-hybridized carbons (Fsp3) is 0.176. The molecule has 1 atom stereocenters. The highest BCUT2D eigenvalue weighted by Gasteiger charge is 2.17. The quantitative estimate of drug-likeness (QED) is 0.781. The van der Waals surface area contributed by atoms with Crippen molar-refractivity contribution in [2.75, 3.05) is 14.2 Å². The predicted molar refractivity (Wildman–Crippen MR) is 80.1 cm³/mol. The summed E-state index contributed by atoms with van der Waals surface area (Å²) in [6.07, 6.45) is 3.48. The Morgan fingerprint density at radius 1 is 1.05 bits per heavy atom. The van der Waals surface area contributed by atoms with Crippen LogP contribution in [-0.4, -0.2) is 14.2 Å². The first-order valence-corrected chi connectivity index (χ1v) is 6.60. The van der Waals surface area contributed by atoms with E-state index in [0.717, 1.165) is 16.7 Å². The van der Waals surface area contributed by atoms with Crippen molar-refractivity contribution in [2.45, 2.75) is 6.04 Å². The summed E-state index contributed by atoms with van der Waals surface area (Å²) in [6.45, 7) is 0. The minimum atomic E-state index is 0.101. The molecule has 2 aromatic carbocycles. The van der Waals surface area contributed by atoms with Gasteiger partial charge in [-0.05, 0) is 30.1 Å². The van der Waals surface area contributed by atoms with Gasteiger partial charge < -0.3 is 14.5 Å². The van der Waals surface area contributed by atoms with E-state index in [2.05, 4.69) is 23.5 Å². The Bertz CT molecular complexity index is 704. The molecule has 0 bridgehead atoms. The number of benzene rings is 2. The molecule has 0 saturated carbocycles. The number of nitrogens with one attached hydrogen (secondary N) is 1. The van der Waals surface area contributed by atoms with Crippen LogP contribution in [0.1, 0.15) is 17.2 Å². The van der Waals surface area contributed by atoms with Crippen LogP contribution in [0.5, 0.6) is 5.75 Å². The van der Waals surface area contributed by atoms with Crippen LogP contribution in [0.2, 0.25) is 0 Å². The van der Waals surface area contributed by atoms with Gasteiger partial charge in [0.05, 0.1) is 25.7 Å². The molecule has 3 heteroatoms. The van der Waals surface area contributed by atoms with Crippen molar-refractivity contribution in [1.82, 2.24) is 5.32 Å². The van der Waals surface area contributed by atoms with Gasteiger partial charge in [-0.1, -0.05) is 30.3 Å². The molecule has 3 rings (SSSR count). The van der Waals surface area contributed by atoms with Crippen molar-refractivity contribution in [1.29, 1.82) is 0 Å². The first-order chi connectivity index (χ1) is 9.85. The van der Waals surface area contributed by atoms with Crippen molar-refractivity contribution < 1.29 is 9.15 Å². The van der Waals surface area contributed by atoms with E-state index in [1.807, 2.05) is 31.3 Å². The Labute approximate surface area is 118 Å². The Morgan fingerprint density at radius 2 is 1.85 bits per heavy atom. The molecule has 0 amide bonds. The van der Waals surface area contributed by atoms with Crippen molar-refractivity contribution in [2.24, 2.45) is 0 Å². The van der Waals surface area contributed by atoms with E-state index in [1.54, 1.807) is 19.6 Å². The number of rotatable bonds is 4. The molecule has 0 fully saturated rings. The highest BCUT2D eigenvalue weighted by Crippen LogP contribution is 2.33. The zero-order chi connectivity index (χ0) is 13.9. The lowest BCUT2D eigenvalue weighted by Gasteiger charge is -2.18. The summed E-state index contributed by atoms with van der Waals surface area (Å²) >= 11 is 0. The minimum Gasteiger partial charge on any atom is -0.496 e. The Hall–Kier alpha value is -2.26. The molecular formula is C17H17NO2. The van der Waals surface area contributed by atoms with Crippen LogP contribution in [0.4, 0.5) is 0 Å². The molecule has 1 aromatic heterocycles. The zero-order valence-corrected chi connectivity index (χ0v) is 11.6. The predicted octanol–water partition coefficient (Wildman–Crippen LogP) is 3.75. The van der Waals surface area contributed by atoms with Gasteiger partial charge in [0.2, 0.25) is 0 Å². The van der Waals surface area contributed by atoms with E-state index in [4.69, 9.17) is 9.15 Å². The highest BCUT2D eigenvalue weighted by molar-refractivity contribution is 5.91. The summed E-state index contributed by atoms with van der Waals surface area (Å²) < 4.78 is 10.7. The van der Waals surface area contributed by atoms with Gasteiger partial charge in [-0.3, -0.25) is 0 Å². The summed E-state index contributed by atoms with van der Waals surface area (Å²) in [6, 6.07) is 14.5. The van der Waals surface area contributed by atoms with Crippen LogP contribution >= 0.6 is 0 Å². The van der Waals surface area contributed by atoms with E-state index in [9.17, 15) is 0 Å². The standard InChI is InChI=1S/C17H17NO2/c1-18-17(12-9-10-20-11-12)15-7-8-16(19-2)14-6-4-3-5-13(14)15/h3-11,17-18H,1-2H3. The Balaban J connectivity index is 2.21. The zero-order valence-electron chi connectivity index (χ0n) is 11.6. The highest BCUT2D eigenvalue weighted by atomic mass is 16.5. The summed E-state index contributed by atoms with van der Waals surface area (Å²) in [5, 5.41) is 5.66. The molecule has 3 nitrogen and oxygen atoms in total. The topological polar surface area (TPSA) is 34.4 Å². The third-order valence-electron chi connectivity index (χ3n) is 3.61. The van der Waals surface area contributed by atoms with E-state index in [0.29, 0.717) is 0 Å². The molecule has 1 heterocycles. The number of methoxy groups -OCH3 is 1. The van der Waals surface area contributed by atoms with E-state index in [-0.39, 0.29) is 6.04 Å². The second kappa shape index (κ2) is 5.39. The third-order valence-corrected chi connectivity index (χ3v) is 3.61. The molecule has 102 valence electrons. The lowest BCUT2D eigenvalue weighted by molar-refractivity contribution is 0.419. The smallest absolute Gasteiger partial charge is 0.126 e. The van der Waals surface area contributed by atoms with Crippen LogP contribution in [0.25, 0.3) is 10.8 Å². The molecule has 3 aromatic rings. The van der Waals surface area contributed by atoms with Gasteiger partial charge in [0.1, 0.15) is 5.75 Å². The van der Waals surface area contributed by atoms with Crippen molar-refractivity contribution >= 4 is 10.8 Å². The van der Waals surface area contributed by atoms with Crippen LogP contribution in [0.15, 0.2) is 59.4 Å². The van der Waals surface area contributed by atoms with Crippen molar-refractivity contribution in [3.05, 3.63) is 66.1 Å². The number of hydrogen-bond acceptors (Lipinski definition) is 3. The fourth-order valence-corrected chi connectivity index (χ4v) is 2.67. The van der Waals surface area contributed by atoms with Crippen LogP contribution in [0.3, 0.4) is 0 Å². The number of furan rings is 1. The summed E-state index contributed by atoms with van der Waals surface area (Å²) in [7, 11) is 3.66. The minimum absolute atomic E-state index is 0.101. The van der Waals surface area contributed by atoms with E-state index < -0.39 is 0 Å². The second-order valence-corrected chi connectivity index (χ2v) is 4.68. The Morgan fingerprint density at radius 3 is 2.50 bits per heavy atom. The first-order valence-electron chi connectivity index (χ1n) is 6.60. The lowest BCUT2D eigenvalue weighted by Crippen LogP contribution is -2.17. The lowest BCUT2D eigenvalue weighted by atomic mass is 9.95. The van der Waals surface area contributed by atoms with Gasteiger partial charge in [-0.15, -0.1) is 0 Å². The molecule has 0 aliphatic rings. The average Bonchev–Trinajstić information content (AvgIpc) is 3.02. The molecule has 1 N–H and O–H groups in total. The average molecular weight is 267 g/mol. The molecule has 0 spiro atoms. The normalized spacial score (nSPS) is 12.5. The monoisotopic (exact) mass is 267 g/mol. The SMILES string of the molecule is CNC(c1ccoc1)c1ccc(OC)c2ccccc12. The van der Waals surface area contributed by atoms with Crippen LogP contribution in [0, 0.1) is 0 Å². The van der Waals surface area contributed by atoms with Gasteiger partial charge in [-0.25, -0.2) is 0 Å². The maximum Gasteiger partial charge on any atom is 0.126 e. The van der Waals surface area contributed by atoms with Crippen molar-refractivity contribution in [3.8, 4) is 5.75 Å². The maximum atomic E-state index is 5.45. The molecule has 1 unspecified atom stereocenters. The van der Waals surface area contributed by atoms with Gasteiger partial charge >= 0.3 is 0 Å². The number of fused-ring (bicyclic) bond motifs is 1. The van der Waals surface area contributed by atoms with Gasteiger partial charge in [0, 0.05) is 10.9 Å². The molecular weight excluding hydrogens is 250 g/mol. The van der Waals surface area contributed by atoms with Gasteiger partial charge in [-0.2, -0.15) is 0 Å². The molecule has 0 aliphatic heterocycles. The summed E-state index contributed by atoms with van der Waals surface area (Å²) in [5.41, 5.74) is 2.33. The van der Waals surface area contributed by atoms with Crippen LogP contribution in [-0.2, 0) is 0 Å². The number of ether oxygens (including phenoxy) is 1. The fourth-order valence-electron chi connectivity index (χ4n) is 2.67. The summed E-state index contributed by atoms with van der Waals surface area (Å²) in [4.78, 5) is 0. The van der Waals surface area contributed by atoms with E-state index >= 15 is 0 Å². The summed E-state index contributed by atoms with van der Waals surface area (Å²) in [5.74, 6) is 0.895. The third kappa shape index (κ3) is 2.06. The first kappa shape index (κ1) is 12.8. The Kier molecular flexibility index (Phi) is 3.44.